The summed E-state index contributed by atoms with van der Waals surface area (Å²) in [7, 11) is 0. The molecule has 0 amide bonds. The van der Waals surface area contributed by atoms with Gasteiger partial charge in [-0.2, -0.15) is 14.0 Å². The van der Waals surface area contributed by atoms with Gasteiger partial charge >= 0.3 is 0 Å². The molecule has 1 aromatic carbocycles. The summed E-state index contributed by atoms with van der Waals surface area (Å²) in [6, 6.07) is 8.46. The van der Waals surface area contributed by atoms with Gasteiger partial charge in [0.05, 0.1) is 33.7 Å². The molecule has 5 rings (SSSR count). The van der Waals surface area contributed by atoms with Crippen LogP contribution in [0.3, 0.4) is 0 Å². The molecule has 0 aliphatic carbocycles. The quantitative estimate of drug-likeness (QED) is 0.273. The molecule has 0 aliphatic heterocycles. The largest absolute Gasteiger partial charge is 0.372 e. The van der Waals surface area contributed by atoms with Crippen molar-refractivity contribution in [3.05, 3.63) is 94.7 Å². The fourth-order valence-electron chi connectivity index (χ4n) is 3.64. The minimum Gasteiger partial charge on any atom is -0.372 e. The molecule has 9 nitrogen and oxygen atoms in total. The summed E-state index contributed by atoms with van der Waals surface area (Å²) in [5, 5.41) is 26.6. The van der Waals surface area contributed by atoms with Crippen molar-refractivity contribution in [2.75, 3.05) is 10.6 Å². The second kappa shape index (κ2) is 9.47. The number of H-pyrrole nitrogens is 1. The molecule has 1 atom stereocenters. The number of nitriles is 1. The van der Waals surface area contributed by atoms with E-state index in [-0.39, 0.29) is 27.5 Å². The van der Waals surface area contributed by atoms with Gasteiger partial charge in [0.25, 0.3) is 0 Å². The SMILES string of the molecule is N#Cc1cnc2c(Cl)cc(NC(c3c[nH]nn3)c3cccnc3F)cc2c1Nc1cnc(F)c(F)c1. The number of aromatic nitrogens is 6. The molecule has 3 N–H and O–H groups in total. The van der Waals surface area contributed by atoms with Gasteiger partial charge in [-0.15, -0.1) is 5.10 Å². The van der Waals surface area contributed by atoms with E-state index in [1.165, 1.54) is 18.6 Å². The van der Waals surface area contributed by atoms with Gasteiger partial charge < -0.3 is 10.6 Å². The van der Waals surface area contributed by atoms with Crippen LogP contribution in [-0.4, -0.2) is 30.4 Å². The molecule has 0 aliphatic rings. The van der Waals surface area contributed by atoms with E-state index >= 15 is 0 Å². The number of anilines is 3. The Bertz CT molecular complexity index is 1620. The molecule has 5 aromatic rings. The highest BCUT2D eigenvalue weighted by Gasteiger charge is 2.22. The number of aromatic amines is 1. The zero-order valence-corrected chi connectivity index (χ0v) is 18.7. The molecule has 1 unspecified atom stereocenters. The Hall–Kier alpha value is -4.76. The highest BCUT2D eigenvalue weighted by Crippen LogP contribution is 2.36. The van der Waals surface area contributed by atoms with Crippen LogP contribution < -0.4 is 10.6 Å². The lowest BCUT2D eigenvalue weighted by Gasteiger charge is -2.20. The maximum atomic E-state index is 14.6. The van der Waals surface area contributed by atoms with Crippen molar-refractivity contribution in [3.63, 3.8) is 0 Å². The molecule has 13 heteroatoms. The summed E-state index contributed by atoms with van der Waals surface area (Å²) in [5.41, 5.74) is 1.81. The summed E-state index contributed by atoms with van der Waals surface area (Å²) in [6.07, 6.45) is 5.22. The van der Waals surface area contributed by atoms with Crippen molar-refractivity contribution in [1.82, 2.24) is 30.4 Å². The van der Waals surface area contributed by atoms with Crippen molar-refractivity contribution in [2.45, 2.75) is 6.04 Å². The van der Waals surface area contributed by atoms with Gasteiger partial charge in [-0.25, -0.2) is 14.4 Å². The minimum absolute atomic E-state index is 0.102. The third kappa shape index (κ3) is 4.35. The van der Waals surface area contributed by atoms with Crippen molar-refractivity contribution < 1.29 is 13.2 Å². The Kier molecular flexibility index (Phi) is 6.05. The molecule has 0 fully saturated rings. The van der Waals surface area contributed by atoms with E-state index in [0.29, 0.717) is 22.3 Å². The monoisotopic (exact) mass is 507 g/mol. The molecule has 36 heavy (non-hydrogen) atoms. The van der Waals surface area contributed by atoms with Gasteiger partial charge in [-0.05, 0) is 18.2 Å². The maximum Gasteiger partial charge on any atom is 0.249 e. The van der Waals surface area contributed by atoms with Crippen LogP contribution in [0.5, 0.6) is 0 Å². The maximum absolute atomic E-state index is 14.6. The van der Waals surface area contributed by atoms with E-state index < -0.39 is 23.8 Å². The zero-order valence-electron chi connectivity index (χ0n) is 18.0. The molecule has 0 saturated carbocycles. The summed E-state index contributed by atoms with van der Waals surface area (Å²) >= 11 is 6.51. The molecule has 4 aromatic heterocycles. The predicted molar refractivity (Wildman–Crippen MR) is 125 cm³/mol. The second-order valence-electron chi connectivity index (χ2n) is 7.49. The van der Waals surface area contributed by atoms with Crippen LogP contribution in [0.2, 0.25) is 5.02 Å². The molecule has 0 saturated heterocycles. The normalized spacial score (nSPS) is 11.8. The number of hydrogen-bond acceptors (Lipinski definition) is 8. The summed E-state index contributed by atoms with van der Waals surface area (Å²) in [5.74, 6) is -3.12. The van der Waals surface area contributed by atoms with E-state index in [9.17, 15) is 18.4 Å². The standard InChI is InChI=1S/C23H13ClF3N9/c24-16-5-12(33-21(18-10-32-36-35-18)14-2-1-3-29-22(14)26)4-15-19(11(7-28)8-30-20(15)16)34-13-6-17(25)23(27)31-9-13/h1-6,8-10,21,33H,(H,30,34)(H,32,35,36). The molecule has 0 spiro atoms. The molecule has 4 heterocycles. The number of benzene rings is 1. The topological polar surface area (TPSA) is 128 Å². The Morgan fingerprint density at radius 1 is 1.03 bits per heavy atom. The van der Waals surface area contributed by atoms with Crippen LogP contribution in [0.4, 0.5) is 30.2 Å². The van der Waals surface area contributed by atoms with Crippen LogP contribution in [0.15, 0.2) is 55.1 Å². The average molecular weight is 508 g/mol. The Morgan fingerprint density at radius 3 is 2.61 bits per heavy atom. The van der Waals surface area contributed by atoms with E-state index in [2.05, 4.69) is 41.0 Å². The minimum atomic E-state index is -1.25. The number of fused-ring (bicyclic) bond motifs is 1. The van der Waals surface area contributed by atoms with Gasteiger partial charge in [0.1, 0.15) is 17.8 Å². The number of hydrogen-bond donors (Lipinski definition) is 3. The zero-order chi connectivity index (χ0) is 25.2. The Morgan fingerprint density at radius 2 is 1.89 bits per heavy atom. The smallest absolute Gasteiger partial charge is 0.249 e. The van der Waals surface area contributed by atoms with Crippen LogP contribution in [0.1, 0.15) is 22.9 Å². The van der Waals surface area contributed by atoms with Crippen LogP contribution in [-0.2, 0) is 0 Å². The lowest BCUT2D eigenvalue weighted by atomic mass is 10.0. The molecule has 0 bridgehead atoms. The number of nitrogens with one attached hydrogen (secondary N) is 3. The Balaban J connectivity index is 1.63. The van der Waals surface area contributed by atoms with Crippen molar-refractivity contribution in [3.8, 4) is 6.07 Å². The second-order valence-corrected chi connectivity index (χ2v) is 7.90. The lowest BCUT2D eigenvalue weighted by Crippen LogP contribution is -2.15. The summed E-state index contributed by atoms with van der Waals surface area (Å²) in [6.45, 7) is 0. The van der Waals surface area contributed by atoms with Crippen molar-refractivity contribution in [1.29, 1.82) is 5.26 Å². The Labute approximate surface area is 206 Å². The number of nitrogens with zero attached hydrogens (tertiary/aromatic N) is 6. The van der Waals surface area contributed by atoms with Crippen molar-refractivity contribution in [2.24, 2.45) is 0 Å². The van der Waals surface area contributed by atoms with E-state index in [1.54, 1.807) is 24.3 Å². The van der Waals surface area contributed by atoms with Gasteiger partial charge in [0.2, 0.25) is 11.9 Å². The molecule has 0 radical (unpaired) electrons. The number of halogens is 4. The van der Waals surface area contributed by atoms with Gasteiger partial charge in [0.15, 0.2) is 5.82 Å². The number of rotatable bonds is 6. The lowest BCUT2D eigenvalue weighted by molar-refractivity contribution is 0.480. The first-order valence-corrected chi connectivity index (χ1v) is 10.7. The fraction of sp³-hybridized carbons (Fsp3) is 0.0435. The first-order valence-electron chi connectivity index (χ1n) is 10.3. The fourth-order valence-corrected chi connectivity index (χ4v) is 3.91. The molecule has 178 valence electrons. The van der Waals surface area contributed by atoms with Gasteiger partial charge in [-0.3, -0.25) is 10.1 Å². The van der Waals surface area contributed by atoms with Gasteiger partial charge in [0, 0.05) is 41.3 Å². The van der Waals surface area contributed by atoms with E-state index in [1.807, 2.05) is 6.07 Å². The van der Waals surface area contributed by atoms with Gasteiger partial charge in [-0.1, -0.05) is 22.9 Å². The molecular weight excluding hydrogens is 495 g/mol. The van der Waals surface area contributed by atoms with Crippen LogP contribution in [0.25, 0.3) is 10.9 Å². The van der Waals surface area contributed by atoms with Crippen LogP contribution >= 0.6 is 11.6 Å². The third-order valence-corrected chi connectivity index (χ3v) is 5.54. The van der Waals surface area contributed by atoms with E-state index in [4.69, 9.17) is 11.6 Å². The highest BCUT2D eigenvalue weighted by molar-refractivity contribution is 6.36. The van der Waals surface area contributed by atoms with E-state index in [0.717, 1.165) is 12.3 Å². The van der Waals surface area contributed by atoms with Crippen molar-refractivity contribution >= 4 is 39.6 Å². The molecular formula is C23H13ClF3N9. The summed E-state index contributed by atoms with van der Waals surface area (Å²) < 4.78 is 41.6. The average Bonchev–Trinajstić information content (AvgIpc) is 3.40. The first-order chi connectivity index (χ1) is 17.4. The third-order valence-electron chi connectivity index (χ3n) is 5.25. The highest BCUT2D eigenvalue weighted by atomic mass is 35.5. The van der Waals surface area contributed by atoms with Crippen LogP contribution in [0, 0.1) is 29.0 Å². The number of pyridine rings is 3. The summed E-state index contributed by atoms with van der Waals surface area (Å²) in [4.78, 5) is 11.3. The predicted octanol–water partition coefficient (Wildman–Crippen LogP) is 5.03. The first kappa shape index (κ1) is 23.0.